The standard InChI is InChI=1S/C26H32BN2/c1-18(2)21-16-25(28(6)23-14-10-8-12-19(21)23)27-17-22(26(3,4)5)20-13-9-11-15-24(20)29(27)7/h8-18H,1-7H3/q+1. The summed E-state index contributed by atoms with van der Waals surface area (Å²) in [6, 6.07) is 20.0. The second-order valence-electron chi connectivity index (χ2n) is 9.66. The number of rotatable bonds is 2. The third-order valence-corrected chi connectivity index (χ3v) is 6.32. The van der Waals surface area contributed by atoms with Gasteiger partial charge in [-0.3, -0.25) is 0 Å². The Labute approximate surface area is 176 Å². The molecule has 1 aliphatic rings. The number of benzene rings is 2. The topological polar surface area (TPSA) is 7.12 Å². The minimum absolute atomic E-state index is 0.0892. The molecule has 0 bridgehead atoms. The van der Waals surface area contributed by atoms with Crippen LogP contribution >= 0.6 is 0 Å². The molecule has 0 saturated carbocycles. The molecule has 2 aromatic carbocycles. The zero-order chi connectivity index (χ0) is 20.9. The van der Waals surface area contributed by atoms with Crippen LogP contribution in [-0.4, -0.2) is 13.9 Å². The molecule has 3 aromatic rings. The van der Waals surface area contributed by atoms with Crippen molar-refractivity contribution in [2.75, 3.05) is 11.9 Å². The number of pyridine rings is 1. The van der Waals surface area contributed by atoms with Crippen LogP contribution in [0.4, 0.5) is 5.69 Å². The quantitative estimate of drug-likeness (QED) is 0.441. The lowest BCUT2D eigenvalue weighted by Gasteiger charge is -2.36. The largest absolute Gasteiger partial charge is 0.405 e. The first-order chi connectivity index (χ1) is 13.7. The van der Waals surface area contributed by atoms with Gasteiger partial charge in [0.1, 0.15) is 7.05 Å². The second-order valence-corrected chi connectivity index (χ2v) is 9.66. The lowest BCUT2D eigenvalue weighted by Crippen LogP contribution is -2.61. The third-order valence-electron chi connectivity index (χ3n) is 6.32. The average Bonchev–Trinajstić information content (AvgIpc) is 2.68. The Morgan fingerprint density at radius 2 is 1.62 bits per heavy atom. The molecular weight excluding hydrogens is 351 g/mol. The lowest BCUT2D eigenvalue weighted by atomic mass is 9.51. The van der Waals surface area contributed by atoms with Gasteiger partial charge in [-0.15, -0.1) is 0 Å². The summed E-state index contributed by atoms with van der Waals surface area (Å²) in [5.41, 5.74) is 8.24. The van der Waals surface area contributed by atoms with E-state index in [4.69, 9.17) is 0 Å². The summed E-state index contributed by atoms with van der Waals surface area (Å²) in [6.45, 7) is 11.7. The van der Waals surface area contributed by atoms with E-state index in [2.05, 4.69) is 119 Å². The first-order valence-electron chi connectivity index (χ1n) is 10.7. The van der Waals surface area contributed by atoms with Crippen molar-refractivity contribution in [2.45, 2.75) is 40.5 Å². The van der Waals surface area contributed by atoms with Gasteiger partial charge < -0.3 is 4.81 Å². The van der Waals surface area contributed by atoms with Crippen LogP contribution in [0.1, 0.15) is 51.7 Å². The number of allylic oxidation sites excluding steroid dienone is 1. The van der Waals surface area contributed by atoms with E-state index in [-0.39, 0.29) is 12.3 Å². The van der Waals surface area contributed by atoms with Gasteiger partial charge in [-0.2, -0.15) is 0 Å². The molecule has 0 atom stereocenters. The van der Waals surface area contributed by atoms with E-state index < -0.39 is 0 Å². The maximum atomic E-state index is 2.48. The molecule has 0 spiro atoms. The normalized spacial score (nSPS) is 14.4. The maximum Gasteiger partial charge on any atom is 0.396 e. The molecule has 2 heterocycles. The minimum atomic E-state index is 0.0892. The van der Waals surface area contributed by atoms with Gasteiger partial charge >= 0.3 is 6.85 Å². The van der Waals surface area contributed by atoms with Gasteiger partial charge in [0.15, 0.2) is 5.59 Å². The number of nitrogens with zero attached hydrogens (tertiary/aromatic N) is 2. The Morgan fingerprint density at radius 1 is 0.966 bits per heavy atom. The van der Waals surface area contributed by atoms with Crippen LogP contribution in [0.2, 0.25) is 0 Å². The van der Waals surface area contributed by atoms with Crippen LogP contribution < -0.4 is 15.0 Å². The Hall–Kier alpha value is -2.55. The first kappa shape index (κ1) is 19.8. The number of anilines is 1. The van der Waals surface area contributed by atoms with E-state index in [1.165, 1.54) is 38.9 Å². The second kappa shape index (κ2) is 7.05. The fraction of sp³-hybridized carbons (Fsp3) is 0.346. The molecule has 0 radical (unpaired) electrons. The summed E-state index contributed by atoms with van der Waals surface area (Å²) in [7, 11) is 4.43. The van der Waals surface area contributed by atoms with Crippen LogP contribution in [0.3, 0.4) is 0 Å². The van der Waals surface area contributed by atoms with Gasteiger partial charge in [-0.1, -0.05) is 70.9 Å². The van der Waals surface area contributed by atoms with Gasteiger partial charge in [-0.25, -0.2) is 4.57 Å². The average molecular weight is 383 g/mol. The van der Waals surface area contributed by atoms with Crippen LogP contribution in [0, 0.1) is 5.41 Å². The molecule has 0 N–H and O–H groups in total. The highest BCUT2D eigenvalue weighted by Crippen LogP contribution is 2.41. The molecule has 0 saturated heterocycles. The van der Waals surface area contributed by atoms with Gasteiger partial charge in [0.05, 0.1) is 0 Å². The SMILES string of the molecule is CC(C)c1cc(B2C=C(C(C)(C)C)c3ccccc3N2C)[n+](C)c2ccccc12. The third kappa shape index (κ3) is 3.27. The monoisotopic (exact) mass is 383 g/mol. The number of hydrogen-bond acceptors (Lipinski definition) is 1. The highest BCUT2D eigenvalue weighted by atomic mass is 15.1. The highest BCUT2D eigenvalue weighted by molar-refractivity contribution is 6.81. The molecule has 0 aliphatic carbocycles. The number of para-hydroxylation sites is 2. The maximum absolute atomic E-state index is 2.48. The van der Waals surface area contributed by atoms with E-state index in [0.717, 1.165) is 0 Å². The zero-order valence-corrected chi connectivity index (χ0v) is 18.8. The van der Waals surface area contributed by atoms with Crippen molar-refractivity contribution in [2.24, 2.45) is 12.5 Å². The molecule has 1 aliphatic heterocycles. The van der Waals surface area contributed by atoms with Crippen molar-refractivity contribution in [1.29, 1.82) is 0 Å². The van der Waals surface area contributed by atoms with Crippen molar-refractivity contribution in [1.82, 2.24) is 0 Å². The van der Waals surface area contributed by atoms with Crippen LogP contribution in [0.25, 0.3) is 16.5 Å². The van der Waals surface area contributed by atoms with Gasteiger partial charge in [-0.05, 0) is 47.2 Å². The molecule has 0 unspecified atom stereocenters. The number of hydrogen-bond donors (Lipinski definition) is 0. The molecule has 29 heavy (non-hydrogen) atoms. The summed E-state index contributed by atoms with van der Waals surface area (Å²) < 4.78 is 2.38. The highest BCUT2D eigenvalue weighted by Gasteiger charge is 2.38. The predicted molar refractivity (Wildman–Crippen MR) is 127 cm³/mol. The van der Waals surface area contributed by atoms with Crippen LogP contribution in [-0.2, 0) is 7.05 Å². The van der Waals surface area contributed by atoms with Crippen molar-refractivity contribution < 1.29 is 4.57 Å². The molecule has 0 fully saturated rings. The molecule has 2 nitrogen and oxygen atoms in total. The van der Waals surface area contributed by atoms with E-state index >= 15 is 0 Å². The van der Waals surface area contributed by atoms with Crippen molar-refractivity contribution >= 4 is 34.6 Å². The van der Waals surface area contributed by atoms with Gasteiger partial charge in [0.2, 0.25) is 5.52 Å². The van der Waals surface area contributed by atoms with E-state index in [1.807, 2.05) is 0 Å². The zero-order valence-electron chi connectivity index (χ0n) is 18.8. The Balaban J connectivity index is 2.00. The van der Waals surface area contributed by atoms with Crippen molar-refractivity contribution in [3.8, 4) is 0 Å². The summed E-state index contributed by atoms with van der Waals surface area (Å²) in [5.74, 6) is 2.96. The summed E-state index contributed by atoms with van der Waals surface area (Å²) in [6.07, 6.45) is 0. The molecule has 1 aromatic heterocycles. The molecule has 148 valence electrons. The van der Waals surface area contributed by atoms with E-state index in [9.17, 15) is 0 Å². The Morgan fingerprint density at radius 3 is 2.31 bits per heavy atom. The number of fused-ring (bicyclic) bond motifs is 2. The smallest absolute Gasteiger partial charge is 0.396 e. The fourth-order valence-corrected chi connectivity index (χ4v) is 4.70. The first-order valence-corrected chi connectivity index (χ1v) is 10.7. The lowest BCUT2D eigenvalue weighted by molar-refractivity contribution is -0.627. The number of aromatic nitrogens is 1. The minimum Gasteiger partial charge on any atom is -0.405 e. The molecule has 3 heteroatoms. The van der Waals surface area contributed by atoms with Gasteiger partial charge in [0, 0.05) is 23.2 Å². The summed E-state index contributed by atoms with van der Waals surface area (Å²) in [4.78, 5) is 2.43. The van der Waals surface area contributed by atoms with Crippen LogP contribution in [0.5, 0.6) is 0 Å². The fourth-order valence-electron chi connectivity index (χ4n) is 4.70. The van der Waals surface area contributed by atoms with Crippen LogP contribution in [0.15, 0.2) is 60.6 Å². The van der Waals surface area contributed by atoms with Crippen molar-refractivity contribution in [3.63, 3.8) is 0 Å². The summed E-state index contributed by atoms with van der Waals surface area (Å²) >= 11 is 0. The Kier molecular flexibility index (Phi) is 4.81. The van der Waals surface area contributed by atoms with E-state index in [0.29, 0.717) is 5.92 Å². The Bertz CT molecular complexity index is 1110. The summed E-state index contributed by atoms with van der Waals surface area (Å²) in [5, 5.41) is 1.35. The molecular formula is C26H32BN2+. The predicted octanol–water partition coefficient (Wildman–Crippen LogP) is 5.10. The molecule has 0 amide bonds. The van der Waals surface area contributed by atoms with E-state index in [1.54, 1.807) is 0 Å². The van der Waals surface area contributed by atoms with Gasteiger partial charge in [0.25, 0.3) is 0 Å². The van der Waals surface area contributed by atoms with Crippen molar-refractivity contribution in [3.05, 3.63) is 71.7 Å². The molecule has 4 rings (SSSR count). The number of aryl methyl sites for hydroxylation is 1.